The molecule has 0 bridgehead atoms. The largest absolute Gasteiger partial charge is 0.493 e. The molecule has 0 amide bonds. The third-order valence-electron chi connectivity index (χ3n) is 5.02. The van der Waals surface area contributed by atoms with Crippen molar-refractivity contribution in [3.8, 4) is 28.7 Å². The SMILES string of the molecule is COc1ccc(/C=c2\sc3nc(Cc4cc(OC)c(OC)c(OC)c4)nn3c2=O)cc1OC. The number of thiazole rings is 1. The summed E-state index contributed by atoms with van der Waals surface area (Å²) in [7, 11) is 7.82. The molecule has 0 aliphatic rings. The first-order chi connectivity index (χ1) is 16.0. The van der Waals surface area contributed by atoms with Crippen molar-refractivity contribution in [3.63, 3.8) is 0 Å². The van der Waals surface area contributed by atoms with Crippen molar-refractivity contribution in [2.24, 2.45) is 0 Å². The van der Waals surface area contributed by atoms with E-state index in [2.05, 4.69) is 10.1 Å². The van der Waals surface area contributed by atoms with Gasteiger partial charge in [0.1, 0.15) is 0 Å². The summed E-state index contributed by atoms with van der Waals surface area (Å²) in [5.74, 6) is 3.33. The highest BCUT2D eigenvalue weighted by molar-refractivity contribution is 7.15. The second kappa shape index (κ2) is 9.37. The molecule has 0 atom stereocenters. The van der Waals surface area contributed by atoms with Crippen LogP contribution in [0.15, 0.2) is 35.1 Å². The topological polar surface area (TPSA) is 93.4 Å². The van der Waals surface area contributed by atoms with Gasteiger partial charge in [-0.2, -0.15) is 4.52 Å². The molecule has 4 rings (SSSR count). The van der Waals surface area contributed by atoms with Gasteiger partial charge in [-0.15, -0.1) is 5.10 Å². The molecule has 0 saturated carbocycles. The van der Waals surface area contributed by atoms with Gasteiger partial charge in [0.2, 0.25) is 10.7 Å². The highest BCUT2D eigenvalue weighted by Crippen LogP contribution is 2.38. The second-order valence-electron chi connectivity index (χ2n) is 6.96. The van der Waals surface area contributed by atoms with E-state index in [-0.39, 0.29) is 5.56 Å². The van der Waals surface area contributed by atoms with E-state index < -0.39 is 0 Å². The third kappa shape index (κ3) is 4.29. The summed E-state index contributed by atoms with van der Waals surface area (Å²) in [6.45, 7) is 0. The number of nitrogens with zero attached hydrogens (tertiary/aromatic N) is 3. The van der Waals surface area contributed by atoms with Gasteiger partial charge in [0.25, 0.3) is 5.56 Å². The number of hydrogen-bond donors (Lipinski definition) is 0. The van der Waals surface area contributed by atoms with E-state index in [1.165, 1.54) is 15.9 Å². The summed E-state index contributed by atoms with van der Waals surface area (Å²) in [6.07, 6.45) is 2.18. The van der Waals surface area contributed by atoms with Gasteiger partial charge in [-0.3, -0.25) is 4.79 Å². The van der Waals surface area contributed by atoms with Crippen LogP contribution in [0.3, 0.4) is 0 Å². The standard InChI is InChI=1S/C23H23N3O6S/c1-28-15-7-6-13(8-16(15)29-2)11-19-22(27)26-23(33-19)24-20(25-26)12-14-9-17(30-3)21(32-5)18(10-14)31-4/h6-11H,12H2,1-5H3/b19-11-. The molecule has 2 aromatic heterocycles. The van der Waals surface area contributed by atoms with Gasteiger partial charge in [-0.05, 0) is 41.5 Å². The first kappa shape index (κ1) is 22.4. The first-order valence-electron chi connectivity index (χ1n) is 9.92. The number of fused-ring (bicyclic) bond motifs is 1. The smallest absolute Gasteiger partial charge is 0.291 e. The zero-order valence-electron chi connectivity index (χ0n) is 18.9. The maximum Gasteiger partial charge on any atom is 0.291 e. The number of ether oxygens (including phenoxy) is 5. The van der Waals surface area contributed by atoms with Gasteiger partial charge in [-0.1, -0.05) is 17.4 Å². The minimum atomic E-state index is -0.228. The summed E-state index contributed by atoms with van der Waals surface area (Å²) in [5.41, 5.74) is 1.45. The maximum absolute atomic E-state index is 12.9. The van der Waals surface area contributed by atoms with Crippen LogP contribution in [0.4, 0.5) is 0 Å². The summed E-state index contributed by atoms with van der Waals surface area (Å²) in [6, 6.07) is 9.13. The number of aromatic nitrogens is 3. The summed E-state index contributed by atoms with van der Waals surface area (Å²) < 4.78 is 28.6. The van der Waals surface area contributed by atoms with Crippen LogP contribution < -0.4 is 33.8 Å². The summed E-state index contributed by atoms with van der Waals surface area (Å²) in [5, 5.41) is 4.41. The van der Waals surface area contributed by atoms with Crippen LogP contribution in [0.5, 0.6) is 28.7 Å². The Morgan fingerprint density at radius 3 is 2.12 bits per heavy atom. The lowest BCUT2D eigenvalue weighted by atomic mass is 10.1. The Kier molecular flexibility index (Phi) is 6.36. The molecule has 2 aromatic carbocycles. The fraction of sp³-hybridized carbons (Fsp3) is 0.261. The van der Waals surface area contributed by atoms with Gasteiger partial charge in [0, 0.05) is 6.42 Å². The molecule has 0 aliphatic heterocycles. The van der Waals surface area contributed by atoms with Crippen LogP contribution in [0, 0.1) is 0 Å². The average Bonchev–Trinajstić information content (AvgIpc) is 3.35. The lowest BCUT2D eigenvalue weighted by Gasteiger charge is -2.13. The van der Waals surface area contributed by atoms with Gasteiger partial charge in [0.05, 0.1) is 40.1 Å². The Hall–Kier alpha value is -3.79. The molecule has 10 heteroatoms. The van der Waals surface area contributed by atoms with E-state index in [9.17, 15) is 4.79 Å². The van der Waals surface area contributed by atoms with Crippen LogP contribution in [-0.4, -0.2) is 50.1 Å². The maximum atomic E-state index is 12.9. The minimum absolute atomic E-state index is 0.228. The molecular weight excluding hydrogens is 446 g/mol. The molecule has 0 aliphatic carbocycles. The van der Waals surface area contributed by atoms with E-state index in [0.29, 0.717) is 50.5 Å². The summed E-state index contributed by atoms with van der Waals surface area (Å²) >= 11 is 1.27. The molecule has 172 valence electrons. The predicted molar refractivity (Wildman–Crippen MR) is 124 cm³/mol. The van der Waals surface area contributed by atoms with Crippen molar-refractivity contribution in [1.82, 2.24) is 14.6 Å². The van der Waals surface area contributed by atoms with Crippen molar-refractivity contribution < 1.29 is 23.7 Å². The zero-order valence-corrected chi connectivity index (χ0v) is 19.7. The van der Waals surface area contributed by atoms with Crippen molar-refractivity contribution in [2.75, 3.05) is 35.5 Å². The lowest BCUT2D eigenvalue weighted by molar-refractivity contribution is 0.324. The molecule has 0 fully saturated rings. The van der Waals surface area contributed by atoms with Crippen molar-refractivity contribution in [1.29, 1.82) is 0 Å². The highest BCUT2D eigenvalue weighted by Gasteiger charge is 2.16. The fourth-order valence-corrected chi connectivity index (χ4v) is 4.39. The van der Waals surface area contributed by atoms with E-state index in [1.54, 1.807) is 47.7 Å². The van der Waals surface area contributed by atoms with Crippen molar-refractivity contribution >= 4 is 22.4 Å². The molecule has 9 nitrogen and oxygen atoms in total. The lowest BCUT2D eigenvalue weighted by Crippen LogP contribution is -2.23. The van der Waals surface area contributed by atoms with Gasteiger partial charge in [-0.25, -0.2) is 4.98 Å². The predicted octanol–water partition coefficient (Wildman–Crippen LogP) is 2.33. The van der Waals surface area contributed by atoms with Crippen molar-refractivity contribution in [3.05, 3.63) is 62.2 Å². The Labute approximate surface area is 193 Å². The van der Waals surface area contributed by atoms with Crippen LogP contribution in [0.25, 0.3) is 11.0 Å². The Balaban J connectivity index is 1.67. The molecule has 2 heterocycles. The molecule has 33 heavy (non-hydrogen) atoms. The van der Waals surface area contributed by atoms with E-state index in [1.807, 2.05) is 24.3 Å². The van der Waals surface area contributed by atoms with Gasteiger partial charge in [0.15, 0.2) is 28.8 Å². The van der Waals surface area contributed by atoms with Crippen LogP contribution in [0.1, 0.15) is 17.0 Å². The minimum Gasteiger partial charge on any atom is -0.493 e. The number of benzene rings is 2. The van der Waals surface area contributed by atoms with Gasteiger partial charge < -0.3 is 23.7 Å². The molecular formula is C23H23N3O6S. The van der Waals surface area contributed by atoms with Crippen LogP contribution in [0.2, 0.25) is 0 Å². The van der Waals surface area contributed by atoms with E-state index in [4.69, 9.17) is 23.7 Å². The molecule has 0 N–H and O–H groups in total. The van der Waals surface area contributed by atoms with Crippen molar-refractivity contribution in [2.45, 2.75) is 6.42 Å². The van der Waals surface area contributed by atoms with E-state index >= 15 is 0 Å². The summed E-state index contributed by atoms with van der Waals surface area (Å²) in [4.78, 5) is 17.9. The zero-order chi connectivity index (χ0) is 23.5. The van der Waals surface area contributed by atoms with Crippen LogP contribution >= 0.6 is 11.3 Å². The molecule has 0 unspecified atom stereocenters. The van der Waals surface area contributed by atoms with E-state index in [0.717, 1.165) is 11.1 Å². The number of rotatable bonds is 8. The quantitative estimate of drug-likeness (QED) is 0.388. The highest BCUT2D eigenvalue weighted by atomic mass is 32.1. The fourth-order valence-electron chi connectivity index (χ4n) is 3.46. The van der Waals surface area contributed by atoms with Gasteiger partial charge >= 0.3 is 0 Å². The molecule has 0 spiro atoms. The normalized spacial score (nSPS) is 11.6. The average molecular weight is 470 g/mol. The Morgan fingerprint density at radius 1 is 0.879 bits per heavy atom. The Bertz CT molecular complexity index is 1390. The monoisotopic (exact) mass is 469 g/mol. The molecule has 4 aromatic rings. The molecule has 0 saturated heterocycles. The number of methoxy groups -OCH3 is 5. The molecule has 0 radical (unpaired) electrons. The van der Waals surface area contributed by atoms with Crippen LogP contribution in [-0.2, 0) is 6.42 Å². The first-order valence-corrected chi connectivity index (χ1v) is 10.7. The Morgan fingerprint density at radius 2 is 1.55 bits per heavy atom. The third-order valence-corrected chi connectivity index (χ3v) is 5.98. The number of hydrogen-bond acceptors (Lipinski definition) is 9. The second-order valence-corrected chi connectivity index (χ2v) is 7.97.